The van der Waals surface area contributed by atoms with Gasteiger partial charge in [0, 0.05) is 22.9 Å². The highest BCUT2D eigenvalue weighted by Gasteiger charge is 2.32. The Hall–Kier alpha value is -3.49. The molecule has 0 aromatic heterocycles. The number of halogens is 1. The third-order valence-corrected chi connectivity index (χ3v) is 6.69. The van der Waals surface area contributed by atoms with Gasteiger partial charge in [-0.05, 0) is 57.8 Å². The van der Waals surface area contributed by atoms with Crippen molar-refractivity contribution in [2.24, 2.45) is 0 Å². The maximum absolute atomic E-state index is 6.50. The minimum atomic E-state index is 0.0536. The zero-order valence-electron chi connectivity index (χ0n) is 18.1. The quantitative estimate of drug-likeness (QED) is 0.194. The molecule has 0 spiro atoms. The van der Waals surface area contributed by atoms with E-state index in [-0.39, 0.29) is 5.92 Å². The van der Waals surface area contributed by atoms with Gasteiger partial charge in [-0.1, -0.05) is 72.8 Å². The lowest BCUT2D eigenvalue weighted by Crippen LogP contribution is -2.13. The first kappa shape index (κ1) is 20.1. The number of hydrogen-bond donors (Lipinski definition) is 0. The van der Waals surface area contributed by atoms with Crippen LogP contribution in [0.1, 0.15) is 29.0 Å². The number of benzene rings is 5. The highest BCUT2D eigenvalue weighted by molar-refractivity contribution is 6.17. The number of fused-ring (bicyclic) bond motifs is 6. The van der Waals surface area contributed by atoms with E-state index in [0.29, 0.717) is 12.5 Å². The van der Waals surface area contributed by atoms with Crippen molar-refractivity contribution in [3.05, 3.63) is 114 Å². The fraction of sp³-hybridized carbons (Fsp3) is 0.133. The van der Waals surface area contributed by atoms with Gasteiger partial charge in [-0.25, -0.2) is 0 Å². The molecule has 5 aromatic rings. The van der Waals surface area contributed by atoms with Crippen LogP contribution in [0.5, 0.6) is 17.2 Å². The molecule has 3 heteroatoms. The molecule has 0 unspecified atom stereocenters. The summed E-state index contributed by atoms with van der Waals surface area (Å²) in [6.07, 6.45) is 0.835. The van der Waals surface area contributed by atoms with Gasteiger partial charge in [0.1, 0.15) is 17.2 Å². The fourth-order valence-electron chi connectivity index (χ4n) is 4.92. The van der Waals surface area contributed by atoms with Crippen LogP contribution in [0.3, 0.4) is 0 Å². The van der Waals surface area contributed by atoms with E-state index in [2.05, 4.69) is 97.1 Å². The average Bonchev–Trinajstić information content (AvgIpc) is 2.88. The van der Waals surface area contributed by atoms with Crippen molar-refractivity contribution < 1.29 is 9.47 Å². The largest absolute Gasteiger partial charge is 0.494 e. The minimum absolute atomic E-state index is 0.0536. The first-order chi connectivity index (χ1) is 16.3. The molecular weight excluding hydrogens is 428 g/mol. The van der Waals surface area contributed by atoms with E-state index in [1.165, 1.54) is 38.2 Å². The molecule has 162 valence electrons. The first-order valence-electron chi connectivity index (χ1n) is 11.3. The van der Waals surface area contributed by atoms with Crippen molar-refractivity contribution in [1.82, 2.24) is 0 Å². The van der Waals surface area contributed by atoms with E-state index in [9.17, 15) is 0 Å². The molecular formula is C30H23ClO2. The van der Waals surface area contributed by atoms with Crippen LogP contribution in [0.15, 0.2) is 97.1 Å². The summed E-state index contributed by atoms with van der Waals surface area (Å²) < 4.78 is 12.4. The number of hydrogen-bond acceptors (Lipinski definition) is 2. The Kier molecular flexibility index (Phi) is 5.16. The van der Waals surface area contributed by atoms with E-state index < -0.39 is 0 Å². The summed E-state index contributed by atoms with van der Waals surface area (Å²) in [5, 5.41) is 4.88. The predicted octanol–water partition coefficient (Wildman–Crippen LogP) is 8.29. The van der Waals surface area contributed by atoms with Crippen molar-refractivity contribution in [3.8, 4) is 17.2 Å². The molecule has 5 aromatic carbocycles. The molecule has 1 aliphatic rings. The van der Waals surface area contributed by atoms with Crippen LogP contribution < -0.4 is 9.47 Å². The SMILES string of the molecule is ClCCCOc1ccc(C2c3c(ccc4ccccc34)Oc3ccc4ccccc4c32)cc1. The standard InChI is InChI=1S/C30H23ClO2/c31-18-5-19-32-23-14-10-22(11-15-23)28-29-24-8-3-1-6-20(24)12-16-26(29)33-27-17-13-21-7-2-4-9-25(21)30(27)28/h1-4,6-17,28H,5,18-19H2. The summed E-state index contributed by atoms with van der Waals surface area (Å²) >= 11 is 5.79. The molecule has 1 heterocycles. The van der Waals surface area contributed by atoms with Crippen LogP contribution in [-0.2, 0) is 0 Å². The number of rotatable bonds is 5. The van der Waals surface area contributed by atoms with Gasteiger partial charge in [-0.15, -0.1) is 11.6 Å². The zero-order valence-corrected chi connectivity index (χ0v) is 18.9. The monoisotopic (exact) mass is 450 g/mol. The van der Waals surface area contributed by atoms with Crippen LogP contribution in [0.4, 0.5) is 0 Å². The Morgan fingerprint density at radius 3 is 1.82 bits per heavy atom. The van der Waals surface area contributed by atoms with Gasteiger partial charge in [-0.3, -0.25) is 0 Å². The Morgan fingerprint density at radius 2 is 1.24 bits per heavy atom. The smallest absolute Gasteiger partial charge is 0.132 e. The average molecular weight is 451 g/mol. The van der Waals surface area contributed by atoms with Crippen molar-refractivity contribution in [2.45, 2.75) is 12.3 Å². The van der Waals surface area contributed by atoms with E-state index >= 15 is 0 Å². The van der Waals surface area contributed by atoms with E-state index in [1.54, 1.807) is 0 Å². The molecule has 33 heavy (non-hydrogen) atoms. The van der Waals surface area contributed by atoms with Crippen molar-refractivity contribution in [2.75, 3.05) is 12.5 Å². The Balaban J connectivity index is 1.57. The Bertz CT molecular complexity index is 1370. The van der Waals surface area contributed by atoms with E-state index in [4.69, 9.17) is 21.1 Å². The topological polar surface area (TPSA) is 18.5 Å². The summed E-state index contributed by atoms with van der Waals surface area (Å²) in [7, 11) is 0. The Morgan fingerprint density at radius 1 is 0.667 bits per heavy atom. The minimum Gasteiger partial charge on any atom is -0.494 e. The predicted molar refractivity (Wildman–Crippen MR) is 136 cm³/mol. The molecule has 0 N–H and O–H groups in total. The second kappa shape index (κ2) is 8.46. The maximum Gasteiger partial charge on any atom is 0.132 e. The van der Waals surface area contributed by atoms with Crippen LogP contribution in [0.25, 0.3) is 21.5 Å². The van der Waals surface area contributed by atoms with Crippen LogP contribution in [-0.4, -0.2) is 12.5 Å². The second-order valence-corrected chi connectivity index (χ2v) is 8.77. The molecule has 0 radical (unpaired) electrons. The molecule has 0 fully saturated rings. The van der Waals surface area contributed by atoms with Crippen LogP contribution >= 0.6 is 11.6 Å². The van der Waals surface area contributed by atoms with E-state index in [0.717, 1.165) is 23.7 Å². The lowest BCUT2D eigenvalue weighted by molar-refractivity contribution is 0.318. The second-order valence-electron chi connectivity index (χ2n) is 8.39. The summed E-state index contributed by atoms with van der Waals surface area (Å²) in [4.78, 5) is 0. The highest BCUT2D eigenvalue weighted by Crippen LogP contribution is 2.52. The molecule has 0 amide bonds. The molecule has 0 saturated carbocycles. The first-order valence-corrected chi connectivity index (χ1v) is 11.9. The summed E-state index contributed by atoms with van der Waals surface area (Å²) in [5.41, 5.74) is 3.65. The summed E-state index contributed by atoms with van der Waals surface area (Å²) in [5.74, 6) is 3.37. The Labute approximate surface area is 198 Å². The van der Waals surface area contributed by atoms with Gasteiger partial charge in [0.25, 0.3) is 0 Å². The molecule has 2 nitrogen and oxygen atoms in total. The van der Waals surface area contributed by atoms with Crippen LogP contribution in [0.2, 0.25) is 0 Å². The summed E-state index contributed by atoms with van der Waals surface area (Å²) in [6, 6.07) is 34.1. The molecule has 0 bridgehead atoms. The van der Waals surface area contributed by atoms with Gasteiger partial charge in [0.05, 0.1) is 6.61 Å². The third-order valence-electron chi connectivity index (χ3n) is 6.42. The number of alkyl halides is 1. The van der Waals surface area contributed by atoms with Gasteiger partial charge in [0.2, 0.25) is 0 Å². The number of ether oxygens (including phenoxy) is 2. The van der Waals surface area contributed by atoms with Crippen molar-refractivity contribution in [1.29, 1.82) is 0 Å². The lowest BCUT2D eigenvalue weighted by atomic mass is 9.78. The zero-order chi connectivity index (χ0) is 22.2. The fourth-order valence-corrected chi connectivity index (χ4v) is 5.03. The molecule has 0 atom stereocenters. The maximum atomic E-state index is 6.50. The molecule has 1 aliphatic heterocycles. The van der Waals surface area contributed by atoms with Gasteiger partial charge < -0.3 is 9.47 Å². The normalized spacial score (nSPS) is 12.9. The van der Waals surface area contributed by atoms with Crippen LogP contribution in [0, 0.1) is 0 Å². The molecule has 0 aliphatic carbocycles. The summed E-state index contributed by atoms with van der Waals surface area (Å²) in [6.45, 7) is 0.626. The van der Waals surface area contributed by atoms with E-state index in [1.807, 2.05) is 0 Å². The van der Waals surface area contributed by atoms with Crippen molar-refractivity contribution in [3.63, 3.8) is 0 Å². The van der Waals surface area contributed by atoms with Gasteiger partial charge >= 0.3 is 0 Å². The van der Waals surface area contributed by atoms with Gasteiger partial charge in [0.15, 0.2) is 0 Å². The molecule has 6 rings (SSSR count). The third kappa shape index (κ3) is 3.51. The van der Waals surface area contributed by atoms with Crippen molar-refractivity contribution >= 4 is 33.1 Å². The highest BCUT2D eigenvalue weighted by atomic mass is 35.5. The lowest BCUT2D eigenvalue weighted by Gasteiger charge is -2.31. The molecule has 0 saturated heterocycles. The van der Waals surface area contributed by atoms with Gasteiger partial charge in [-0.2, -0.15) is 0 Å².